The van der Waals surface area contributed by atoms with Crippen LogP contribution in [0.5, 0.6) is 0 Å². The fraction of sp³-hybridized carbons (Fsp3) is 0.167. The van der Waals surface area contributed by atoms with Crippen LogP contribution in [0, 0.1) is 5.82 Å². The zero-order valence-electron chi connectivity index (χ0n) is 8.66. The van der Waals surface area contributed by atoms with Crippen molar-refractivity contribution in [1.82, 2.24) is 0 Å². The first-order valence-electron chi connectivity index (χ1n) is 4.93. The SMILES string of the molecule is OC(Cc1ccc(F)cc1Cl)c1ccc(Cl)o1. The first-order valence-corrected chi connectivity index (χ1v) is 5.69. The largest absolute Gasteiger partial charge is 0.447 e. The maximum Gasteiger partial charge on any atom is 0.193 e. The third-order valence-electron chi connectivity index (χ3n) is 2.35. The monoisotopic (exact) mass is 274 g/mol. The summed E-state index contributed by atoms with van der Waals surface area (Å²) in [5, 5.41) is 10.4. The van der Waals surface area contributed by atoms with Crippen LogP contribution < -0.4 is 0 Å². The Balaban J connectivity index is 2.15. The molecule has 1 atom stereocenters. The number of benzene rings is 1. The van der Waals surface area contributed by atoms with Gasteiger partial charge in [-0.1, -0.05) is 17.7 Å². The number of aliphatic hydroxyl groups is 1. The number of hydrogen-bond donors (Lipinski definition) is 1. The molecule has 2 nitrogen and oxygen atoms in total. The summed E-state index contributed by atoms with van der Waals surface area (Å²) in [4.78, 5) is 0. The number of furan rings is 1. The summed E-state index contributed by atoms with van der Waals surface area (Å²) >= 11 is 11.5. The Hall–Kier alpha value is -1.03. The van der Waals surface area contributed by atoms with E-state index in [1.165, 1.54) is 18.2 Å². The van der Waals surface area contributed by atoms with Crippen LogP contribution in [0.25, 0.3) is 0 Å². The van der Waals surface area contributed by atoms with E-state index in [1.807, 2.05) is 0 Å². The van der Waals surface area contributed by atoms with Crippen LogP contribution in [0.1, 0.15) is 17.4 Å². The quantitative estimate of drug-likeness (QED) is 0.918. The molecule has 0 aliphatic heterocycles. The van der Waals surface area contributed by atoms with Gasteiger partial charge in [-0.3, -0.25) is 0 Å². The third-order valence-corrected chi connectivity index (χ3v) is 2.91. The second-order valence-corrected chi connectivity index (χ2v) is 4.38. The molecule has 0 saturated heterocycles. The first kappa shape index (κ1) is 12.4. The highest BCUT2D eigenvalue weighted by Crippen LogP contribution is 2.26. The van der Waals surface area contributed by atoms with Crippen LogP contribution in [-0.4, -0.2) is 5.11 Å². The zero-order chi connectivity index (χ0) is 12.4. The van der Waals surface area contributed by atoms with Crippen molar-refractivity contribution in [3.8, 4) is 0 Å². The van der Waals surface area contributed by atoms with E-state index in [9.17, 15) is 9.50 Å². The average Bonchev–Trinajstić information content (AvgIpc) is 2.69. The molecule has 0 fully saturated rings. The topological polar surface area (TPSA) is 33.4 Å². The minimum atomic E-state index is -0.856. The molecule has 0 amide bonds. The van der Waals surface area contributed by atoms with Gasteiger partial charge in [0.05, 0.1) is 0 Å². The van der Waals surface area contributed by atoms with E-state index in [4.69, 9.17) is 27.6 Å². The van der Waals surface area contributed by atoms with Crippen molar-refractivity contribution in [2.45, 2.75) is 12.5 Å². The van der Waals surface area contributed by atoms with Crippen molar-refractivity contribution in [1.29, 1.82) is 0 Å². The summed E-state index contributed by atoms with van der Waals surface area (Å²) in [7, 11) is 0. The molecule has 1 unspecified atom stereocenters. The van der Waals surface area contributed by atoms with Crippen molar-refractivity contribution in [2.24, 2.45) is 0 Å². The maximum atomic E-state index is 12.8. The van der Waals surface area contributed by atoms with Crippen molar-refractivity contribution < 1.29 is 13.9 Å². The lowest BCUT2D eigenvalue weighted by Crippen LogP contribution is -2.01. The predicted octanol–water partition coefficient (Wildman–Crippen LogP) is 4.00. The molecule has 0 spiro atoms. The second-order valence-electron chi connectivity index (χ2n) is 3.60. The molecule has 90 valence electrons. The smallest absolute Gasteiger partial charge is 0.193 e. The average molecular weight is 275 g/mol. The van der Waals surface area contributed by atoms with Gasteiger partial charge in [0.25, 0.3) is 0 Å². The summed E-state index contributed by atoms with van der Waals surface area (Å²) in [6, 6.07) is 7.17. The summed E-state index contributed by atoms with van der Waals surface area (Å²) in [5.74, 6) is -0.0512. The van der Waals surface area contributed by atoms with Crippen molar-refractivity contribution in [3.05, 3.63) is 57.7 Å². The van der Waals surface area contributed by atoms with Crippen molar-refractivity contribution in [3.63, 3.8) is 0 Å². The molecule has 0 aliphatic carbocycles. The molecule has 2 aromatic rings. The van der Waals surface area contributed by atoms with E-state index in [2.05, 4.69) is 0 Å². The van der Waals surface area contributed by atoms with Gasteiger partial charge < -0.3 is 9.52 Å². The fourth-order valence-electron chi connectivity index (χ4n) is 1.50. The Bertz CT molecular complexity index is 525. The van der Waals surface area contributed by atoms with Gasteiger partial charge in [-0.05, 0) is 41.4 Å². The van der Waals surface area contributed by atoms with Gasteiger partial charge >= 0.3 is 0 Å². The number of hydrogen-bond acceptors (Lipinski definition) is 2. The normalized spacial score (nSPS) is 12.7. The molecule has 17 heavy (non-hydrogen) atoms. The highest BCUT2D eigenvalue weighted by atomic mass is 35.5. The van der Waals surface area contributed by atoms with Crippen LogP contribution in [0.2, 0.25) is 10.2 Å². The highest BCUT2D eigenvalue weighted by molar-refractivity contribution is 6.31. The van der Waals surface area contributed by atoms with E-state index in [0.29, 0.717) is 11.3 Å². The number of aliphatic hydroxyl groups excluding tert-OH is 1. The summed E-state index contributed by atoms with van der Waals surface area (Å²) in [6.45, 7) is 0. The molecule has 0 aliphatic rings. The second kappa shape index (κ2) is 5.08. The lowest BCUT2D eigenvalue weighted by atomic mass is 10.1. The third kappa shape index (κ3) is 3.00. The summed E-state index contributed by atoms with van der Waals surface area (Å²) in [5.41, 5.74) is 0.646. The van der Waals surface area contributed by atoms with Crippen molar-refractivity contribution >= 4 is 23.2 Å². The van der Waals surface area contributed by atoms with Gasteiger partial charge in [0.15, 0.2) is 5.22 Å². The van der Waals surface area contributed by atoms with E-state index in [-0.39, 0.29) is 16.7 Å². The zero-order valence-corrected chi connectivity index (χ0v) is 10.2. The van der Waals surface area contributed by atoms with Gasteiger partial charge in [0, 0.05) is 11.4 Å². The van der Waals surface area contributed by atoms with Crippen LogP contribution in [0.4, 0.5) is 4.39 Å². The molecule has 1 N–H and O–H groups in total. The van der Waals surface area contributed by atoms with E-state index in [1.54, 1.807) is 12.1 Å². The molecular weight excluding hydrogens is 266 g/mol. The Morgan fingerprint density at radius 2 is 2.00 bits per heavy atom. The molecule has 0 saturated carbocycles. The van der Waals surface area contributed by atoms with Gasteiger partial charge in [0.2, 0.25) is 0 Å². The molecule has 1 aromatic carbocycles. The highest BCUT2D eigenvalue weighted by Gasteiger charge is 2.14. The molecule has 5 heteroatoms. The van der Waals surface area contributed by atoms with Crippen LogP contribution in [-0.2, 0) is 6.42 Å². The minimum Gasteiger partial charge on any atom is -0.447 e. The Kier molecular flexibility index (Phi) is 3.72. The number of halogens is 3. The van der Waals surface area contributed by atoms with E-state index in [0.717, 1.165) is 0 Å². The lowest BCUT2D eigenvalue weighted by molar-refractivity contribution is 0.150. The molecule has 0 bridgehead atoms. The Morgan fingerprint density at radius 1 is 1.24 bits per heavy atom. The van der Waals surface area contributed by atoms with E-state index < -0.39 is 11.9 Å². The lowest BCUT2D eigenvalue weighted by Gasteiger charge is -2.09. The predicted molar refractivity (Wildman–Crippen MR) is 63.8 cm³/mol. The Labute approximate surface area is 108 Å². The van der Waals surface area contributed by atoms with Gasteiger partial charge in [0.1, 0.15) is 17.7 Å². The molecule has 1 aromatic heterocycles. The first-order chi connectivity index (χ1) is 8.06. The summed E-state index contributed by atoms with van der Waals surface area (Å²) in [6.07, 6.45) is -0.617. The van der Waals surface area contributed by atoms with Gasteiger partial charge in [-0.15, -0.1) is 0 Å². The van der Waals surface area contributed by atoms with Crippen LogP contribution in [0.15, 0.2) is 34.7 Å². The molecule has 0 radical (unpaired) electrons. The minimum absolute atomic E-state index is 0.212. The Morgan fingerprint density at radius 3 is 2.59 bits per heavy atom. The number of rotatable bonds is 3. The molecule has 1 heterocycles. The fourth-order valence-corrected chi connectivity index (χ4v) is 1.90. The molecule has 2 rings (SSSR count). The summed E-state index contributed by atoms with van der Waals surface area (Å²) < 4.78 is 17.9. The van der Waals surface area contributed by atoms with Crippen LogP contribution >= 0.6 is 23.2 Å². The standard InChI is InChI=1S/C12H9Cl2FO2/c13-9-6-8(15)2-1-7(9)5-10(16)11-3-4-12(14)17-11/h1-4,6,10,16H,5H2. The maximum absolute atomic E-state index is 12.8. The van der Waals surface area contributed by atoms with Gasteiger partial charge in [-0.2, -0.15) is 0 Å². The van der Waals surface area contributed by atoms with Gasteiger partial charge in [-0.25, -0.2) is 4.39 Å². The van der Waals surface area contributed by atoms with Crippen LogP contribution in [0.3, 0.4) is 0 Å². The van der Waals surface area contributed by atoms with E-state index >= 15 is 0 Å². The molecular formula is C12H9Cl2FO2. The van der Waals surface area contributed by atoms with Crippen molar-refractivity contribution in [2.75, 3.05) is 0 Å².